The third-order valence-corrected chi connectivity index (χ3v) is 5.93. The first-order valence-corrected chi connectivity index (χ1v) is 8.87. The molecule has 1 aromatic rings. The monoisotopic (exact) mass is 364 g/mol. The maximum atomic E-state index is 14.0. The molecule has 1 saturated carbocycles. The van der Waals surface area contributed by atoms with Gasteiger partial charge in [-0.1, -0.05) is 27.7 Å². The predicted molar refractivity (Wildman–Crippen MR) is 84.3 cm³/mol. The normalized spacial score (nSPS) is 18.5. The largest absolute Gasteiger partial charge is 0.460 e. The molecule has 1 aliphatic rings. The fourth-order valence-corrected chi connectivity index (χ4v) is 3.67. The van der Waals surface area contributed by atoms with Crippen LogP contribution in [-0.4, -0.2) is 12.2 Å². The van der Waals surface area contributed by atoms with E-state index in [1.807, 2.05) is 27.7 Å². The zero-order valence-electron chi connectivity index (χ0n) is 14.2. The van der Waals surface area contributed by atoms with E-state index in [0.29, 0.717) is 0 Å². The van der Waals surface area contributed by atoms with Crippen molar-refractivity contribution >= 4 is 17.7 Å². The van der Waals surface area contributed by atoms with Crippen LogP contribution in [0.5, 0.6) is 0 Å². The first kappa shape index (κ1) is 19.1. The number of carbonyl (C=O) groups is 1. The van der Waals surface area contributed by atoms with Crippen molar-refractivity contribution in [3.63, 3.8) is 0 Å². The minimum Gasteiger partial charge on any atom is -0.460 e. The molecule has 0 amide bonds. The Morgan fingerprint density at radius 3 is 1.75 bits per heavy atom. The summed E-state index contributed by atoms with van der Waals surface area (Å²) in [5.41, 5.74) is -2.17. The summed E-state index contributed by atoms with van der Waals surface area (Å²) >= 11 is 1.04. The van der Waals surface area contributed by atoms with Crippen molar-refractivity contribution in [3.05, 3.63) is 34.4 Å². The molecule has 24 heavy (non-hydrogen) atoms. The van der Waals surface area contributed by atoms with Gasteiger partial charge in [0.15, 0.2) is 23.3 Å². The van der Waals surface area contributed by atoms with Crippen molar-refractivity contribution in [2.24, 2.45) is 16.7 Å². The number of halogens is 4. The van der Waals surface area contributed by atoms with E-state index in [9.17, 15) is 22.4 Å². The molecule has 0 bridgehead atoms. The van der Waals surface area contributed by atoms with Gasteiger partial charge in [-0.3, -0.25) is 4.79 Å². The Kier molecular flexibility index (Phi) is 4.97. The van der Waals surface area contributed by atoms with E-state index in [0.717, 1.165) is 11.8 Å². The molecule has 0 spiro atoms. The van der Waals surface area contributed by atoms with Gasteiger partial charge in [0.1, 0.15) is 6.61 Å². The van der Waals surface area contributed by atoms with E-state index in [2.05, 4.69) is 0 Å². The molecule has 1 fully saturated rings. The van der Waals surface area contributed by atoms with Crippen LogP contribution in [0.25, 0.3) is 0 Å². The minimum absolute atomic E-state index is 0.198. The number of rotatable bonds is 5. The zero-order valence-corrected chi connectivity index (χ0v) is 15.0. The van der Waals surface area contributed by atoms with Gasteiger partial charge in [0, 0.05) is 11.3 Å². The van der Waals surface area contributed by atoms with Gasteiger partial charge in [-0.05, 0) is 17.1 Å². The second-order valence-corrected chi connectivity index (χ2v) is 8.00. The molecule has 0 atom stereocenters. The quantitative estimate of drug-likeness (QED) is 0.425. The topological polar surface area (TPSA) is 26.3 Å². The number of ether oxygens (including phenoxy) is 1. The zero-order chi connectivity index (χ0) is 18.4. The van der Waals surface area contributed by atoms with E-state index in [4.69, 9.17) is 4.74 Å². The van der Waals surface area contributed by atoms with Crippen LogP contribution < -0.4 is 0 Å². The molecule has 0 N–H and O–H groups in total. The highest BCUT2D eigenvalue weighted by Gasteiger charge is 2.69. The van der Waals surface area contributed by atoms with Crippen LogP contribution in [-0.2, 0) is 21.9 Å². The van der Waals surface area contributed by atoms with E-state index in [-0.39, 0.29) is 16.6 Å². The van der Waals surface area contributed by atoms with Crippen molar-refractivity contribution in [2.75, 3.05) is 6.26 Å². The molecule has 0 heterocycles. The third kappa shape index (κ3) is 2.80. The Morgan fingerprint density at radius 2 is 1.38 bits per heavy atom. The maximum absolute atomic E-state index is 14.0. The van der Waals surface area contributed by atoms with Crippen molar-refractivity contribution in [3.8, 4) is 0 Å². The molecule has 0 aliphatic heterocycles. The molecular formula is C17H20F4O2S. The average molecular weight is 364 g/mol. The lowest BCUT2D eigenvalue weighted by Crippen LogP contribution is -2.15. The summed E-state index contributed by atoms with van der Waals surface area (Å²) in [6.07, 6.45) is 1.56. The van der Waals surface area contributed by atoms with Crippen molar-refractivity contribution in [1.29, 1.82) is 0 Å². The summed E-state index contributed by atoms with van der Waals surface area (Å²) in [5, 5.41) is 0. The van der Waals surface area contributed by atoms with Gasteiger partial charge in [0.2, 0.25) is 0 Å². The number of benzene rings is 1. The van der Waals surface area contributed by atoms with Gasteiger partial charge >= 0.3 is 5.97 Å². The molecule has 134 valence electrons. The average Bonchev–Trinajstić information content (AvgIpc) is 2.91. The van der Waals surface area contributed by atoms with Crippen molar-refractivity contribution < 1.29 is 27.1 Å². The summed E-state index contributed by atoms with van der Waals surface area (Å²) in [6.45, 7) is 6.70. The van der Waals surface area contributed by atoms with Gasteiger partial charge < -0.3 is 4.74 Å². The third-order valence-electron chi connectivity index (χ3n) is 5.35. The highest BCUT2D eigenvalue weighted by molar-refractivity contribution is 7.97. The van der Waals surface area contributed by atoms with E-state index < -0.39 is 52.9 Å². The summed E-state index contributed by atoms with van der Waals surface area (Å²) in [7, 11) is 0. The molecule has 2 nitrogen and oxygen atoms in total. The van der Waals surface area contributed by atoms with Gasteiger partial charge in [-0.15, -0.1) is 0 Å². The highest BCUT2D eigenvalue weighted by atomic mass is 32.2. The van der Waals surface area contributed by atoms with Crippen LogP contribution in [0.3, 0.4) is 0 Å². The molecule has 0 radical (unpaired) electrons. The van der Waals surface area contributed by atoms with Crippen LogP contribution in [0.1, 0.15) is 38.8 Å². The molecule has 7 heteroatoms. The molecule has 0 saturated heterocycles. The smallest absolute Gasteiger partial charge is 0.310 e. The molecule has 1 aliphatic carbocycles. The van der Waals surface area contributed by atoms with Crippen LogP contribution in [0, 0.1) is 40.0 Å². The van der Waals surface area contributed by atoms with Gasteiger partial charge in [0.25, 0.3) is 0 Å². The second kappa shape index (κ2) is 6.24. The molecule has 0 aromatic heterocycles. The summed E-state index contributed by atoms with van der Waals surface area (Å²) in [6, 6.07) is 0. The highest BCUT2D eigenvalue weighted by Crippen LogP contribution is 2.68. The molecule has 0 unspecified atom stereocenters. The molecule has 1 aromatic carbocycles. The van der Waals surface area contributed by atoms with Crippen LogP contribution in [0.4, 0.5) is 17.6 Å². The SMILES string of the molecule is CSCc1c(F)c(F)c(COC(=O)C2C(C)(C)C2(C)C)c(F)c1F. The summed E-state index contributed by atoms with van der Waals surface area (Å²) in [4.78, 5) is 12.1. The fourth-order valence-electron chi connectivity index (χ4n) is 3.13. The fraction of sp³-hybridized carbons (Fsp3) is 0.588. The summed E-state index contributed by atoms with van der Waals surface area (Å²) < 4.78 is 60.8. The van der Waals surface area contributed by atoms with Crippen LogP contribution in [0.2, 0.25) is 0 Å². The Morgan fingerprint density at radius 1 is 0.958 bits per heavy atom. The lowest BCUT2D eigenvalue weighted by Gasteiger charge is -2.12. The first-order valence-electron chi connectivity index (χ1n) is 7.47. The Labute approximate surface area is 143 Å². The lowest BCUT2D eigenvalue weighted by atomic mass is 10.0. The van der Waals surface area contributed by atoms with Gasteiger partial charge in [-0.2, -0.15) is 11.8 Å². The van der Waals surface area contributed by atoms with Crippen LogP contribution >= 0.6 is 11.8 Å². The van der Waals surface area contributed by atoms with E-state index in [1.54, 1.807) is 6.26 Å². The number of carbonyl (C=O) groups excluding carboxylic acids is 1. The number of hydrogen-bond donors (Lipinski definition) is 0. The lowest BCUT2D eigenvalue weighted by molar-refractivity contribution is -0.148. The molecule has 2 rings (SSSR count). The standard InChI is InChI=1S/C17H20F4O2S/c1-16(2)14(17(16,3)4)15(22)23-6-8-10(18)12(20)9(7-24-5)13(21)11(8)19/h14H,6-7H2,1-5H3. The van der Waals surface area contributed by atoms with E-state index in [1.165, 1.54) is 0 Å². The van der Waals surface area contributed by atoms with Crippen molar-refractivity contribution in [1.82, 2.24) is 0 Å². The van der Waals surface area contributed by atoms with E-state index >= 15 is 0 Å². The number of hydrogen-bond acceptors (Lipinski definition) is 3. The first-order chi connectivity index (χ1) is 11.0. The number of thioether (sulfide) groups is 1. The second-order valence-electron chi connectivity index (χ2n) is 7.13. The predicted octanol–water partition coefficient (Wildman–Crippen LogP) is 4.83. The van der Waals surface area contributed by atoms with Crippen LogP contribution in [0.15, 0.2) is 0 Å². The Balaban J connectivity index is 2.21. The van der Waals surface area contributed by atoms with Gasteiger partial charge in [0.05, 0.1) is 11.5 Å². The summed E-state index contributed by atoms with van der Waals surface area (Å²) in [5.74, 6) is -7.17. The maximum Gasteiger partial charge on any atom is 0.310 e. The minimum atomic E-state index is -1.51. The van der Waals surface area contributed by atoms with Crippen molar-refractivity contribution in [2.45, 2.75) is 40.1 Å². The molecular weight excluding hydrogens is 344 g/mol. The number of esters is 1. The Hall–Kier alpha value is -1.24. The Bertz CT molecular complexity index is 643. The van der Waals surface area contributed by atoms with Gasteiger partial charge in [-0.25, -0.2) is 17.6 Å².